The fourth-order valence-electron chi connectivity index (χ4n) is 3.30. The van der Waals surface area contributed by atoms with E-state index in [1.807, 2.05) is 0 Å². The van der Waals surface area contributed by atoms with Crippen molar-refractivity contribution in [1.82, 2.24) is 10.2 Å². The van der Waals surface area contributed by atoms with E-state index < -0.39 is 0 Å². The van der Waals surface area contributed by atoms with Crippen LogP contribution in [0.4, 0.5) is 0 Å². The fraction of sp³-hybridized carbons (Fsp3) is 0.875. The van der Waals surface area contributed by atoms with Gasteiger partial charge in [0.15, 0.2) is 0 Å². The summed E-state index contributed by atoms with van der Waals surface area (Å²) < 4.78 is 0. The summed E-state index contributed by atoms with van der Waals surface area (Å²) in [6, 6.07) is 0.738. The third-order valence-corrected chi connectivity index (χ3v) is 4.51. The zero-order chi connectivity index (χ0) is 13.0. The number of allylic oxidation sites excluding steroid dienone is 1. The highest BCUT2D eigenvalue weighted by molar-refractivity contribution is 5.06. The summed E-state index contributed by atoms with van der Waals surface area (Å²) in [6.07, 6.45) is 10.6. The van der Waals surface area contributed by atoms with Crippen LogP contribution in [0.25, 0.3) is 0 Å². The lowest BCUT2D eigenvalue weighted by molar-refractivity contribution is 0.0936. The first-order chi connectivity index (χ1) is 8.61. The summed E-state index contributed by atoms with van der Waals surface area (Å²) in [5.74, 6) is 0. The Labute approximate surface area is 113 Å². The van der Waals surface area contributed by atoms with Crippen LogP contribution in [0.3, 0.4) is 0 Å². The van der Waals surface area contributed by atoms with E-state index in [2.05, 4.69) is 37.1 Å². The van der Waals surface area contributed by atoms with Crippen molar-refractivity contribution in [2.75, 3.05) is 19.6 Å². The molecule has 0 aromatic heterocycles. The molecule has 104 valence electrons. The molecule has 1 N–H and O–H groups in total. The highest BCUT2D eigenvalue weighted by atomic mass is 15.2. The zero-order valence-electron chi connectivity index (χ0n) is 12.5. The maximum Gasteiger partial charge on any atom is 0.0252 e. The number of rotatable bonds is 4. The van der Waals surface area contributed by atoms with Crippen LogP contribution < -0.4 is 5.32 Å². The molecule has 2 rings (SSSR count). The van der Waals surface area contributed by atoms with Gasteiger partial charge in [-0.1, -0.05) is 18.6 Å². The van der Waals surface area contributed by atoms with Crippen LogP contribution >= 0.6 is 0 Å². The van der Waals surface area contributed by atoms with Crippen LogP contribution in [-0.4, -0.2) is 36.1 Å². The van der Waals surface area contributed by atoms with Crippen molar-refractivity contribution in [3.05, 3.63) is 11.6 Å². The van der Waals surface area contributed by atoms with Gasteiger partial charge in [-0.2, -0.15) is 0 Å². The van der Waals surface area contributed by atoms with Crippen LogP contribution in [-0.2, 0) is 0 Å². The number of piperazine rings is 1. The second kappa shape index (κ2) is 6.21. The molecule has 1 aliphatic heterocycles. The van der Waals surface area contributed by atoms with Crippen molar-refractivity contribution in [2.24, 2.45) is 0 Å². The SMILES string of the molecule is CCC1CNC(C)(C)CN1CCC1=CCCCC1. The van der Waals surface area contributed by atoms with E-state index in [4.69, 9.17) is 0 Å². The van der Waals surface area contributed by atoms with Crippen LogP contribution in [0.15, 0.2) is 11.6 Å². The van der Waals surface area contributed by atoms with Crippen molar-refractivity contribution < 1.29 is 0 Å². The van der Waals surface area contributed by atoms with E-state index in [1.54, 1.807) is 5.57 Å². The van der Waals surface area contributed by atoms with E-state index in [-0.39, 0.29) is 5.54 Å². The molecule has 2 nitrogen and oxygen atoms in total. The van der Waals surface area contributed by atoms with Crippen molar-refractivity contribution in [3.63, 3.8) is 0 Å². The Hall–Kier alpha value is -0.340. The molecule has 1 unspecified atom stereocenters. The molecule has 0 amide bonds. The van der Waals surface area contributed by atoms with Crippen molar-refractivity contribution in [2.45, 2.75) is 70.9 Å². The second-order valence-electron chi connectivity index (χ2n) is 6.66. The molecule has 0 radical (unpaired) electrons. The summed E-state index contributed by atoms with van der Waals surface area (Å²) in [4.78, 5) is 2.71. The topological polar surface area (TPSA) is 15.3 Å². The first-order valence-corrected chi connectivity index (χ1v) is 7.78. The first-order valence-electron chi connectivity index (χ1n) is 7.78. The quantitative estimate of drug-likeness (QED) is 0.770. The molecular formula is C16H30N2. The monoisotopic (exact) mass is 250 g/mol. The smallest absolute Gasteiger partial charge is 0.0252 e. The van der Waals surface area contributed by atoms with E-state index >= 15 is 0 Å². The summed E-state index contributed by atoms with van der Waals surface area (Å²) in [5, 5.41) is 3.67. The highest BCUT2D eigenvalue weighted by Gasteiger charge is 2.31. The fourth-order valence-corrected chi connectivity index (χ4v) is 3.30. The second-order valence-corrected chi connectivity index (χ2v) is 6.66. The van der Waals surface area contributed by atoms with E-state index in [0.29, 0.717) is 0 Å². The molecule has 1 aliphatic carbocycles. The Kier molecular flexibility index (Phi) is 4.85. The number of nitrogens with one attached hydrogen (secondary N) is 1. The molecule has 0 spiro atoms. The predicted molar refractivity (Wildman–Crippen MR) is 78.9 cm³/mol. The average Bonchev–Trinajstić information content (AvgIpc) is 2.37. The lowest BCUT2D eigenvalue weighted by Gasteiger charge is -2.44. The van der Waals surface area contributed by atoms with Gasteiger partial charge in [0, 0.05) is 31.2 Å². The first kappa shape index (κ1) is 14.1. The minimum atomic E-state index is 0.284. The van der Waals surface area contributed by atoms with Crippen LogP contribution in [0.1, 0.15) is 59.3 Å². The Bertz CT molecular complexity index is 293. The van der Waals surface area contributed by atoms with Gasteiger partial charge in [0.2, 0.25) is 0 Å². The molecule has 1 atom stereocenters. The molecule has 1 saturated heterocycles. The van der Waals surface area contributed by atoms with E-state index in [9.17, 15) is 0 Å². The van der Waals surface area contributed by atoms with Gasteiger partial charge >= 0.3 is 0 Å². The van der Waals surface area contributed by atoms with Gasteiger partial charge in [-0.3, -0.25) is 4.90 Å². The summed E-state index contributed by atoms with van der Waals surface area (Å²) >= 11 is 0. The Balaban J connectivity index is 1.86. The molecule has 1 fully saturated rings. The molecule has 0 aromatic carbocycles. The van der Waals surface area contributed by atoms with E-state index in [1.165, 1.54) is 51.6 Å². The minimum absolute atomic E-state index is 0.284. The van der Waals surface area contributed by atoms with Crippen LogP contribution in [0, 0.1) is 0 Å². The Morgan fingerprint density at radius 2 is 2.22 bits per heavy atom. The van der Waals surface area contributed by atoms with Gasteiger partial charge in [-0.25, -0.2) is 0 Å². The molecule has 2 aliphatic rings. The molecular weight excluding hydrogens is 220 g/mol. The number of hydrogen-bond acceptors (Lipinski definition) is 2. The number of hydrogen-bond donors (Lipinski definition) is 1. The van der Waals surface area contributed by atoms with Gasteiger partial charge in [-0.05, 0) is 52.4 Å². The normalized spacial score (nSPS) is 29.1. The molecule has 0 aromatic rings. The summed E-state index contributed by atoms with van der Waals surface area (Å²) in [6.45, 7) is 10.6. The summed E-state index contributed by atoms with van der Waals surface area (Å²) in [7, 11) is 0. The molecule has 2 heteroatoms. The van der Waals surface area contributed by atoms with Gasteiger partial charge in [0.25, 0.3) is 0 Å². The molecule has 0 saturated carbocycles. The zero-order valence-corrected chi connectivity index (χ0v) is 12.5. The third-order valence-electron chi connectivity index (χ3n) is 4.51. The van der Waals surface area contributed by atoms with Gasteiger partial charge in [0.1, 0.15) is 0 Å². The standard InChI is InChI=1S/C16H30N2/c1-4-15-12-17-16(2,3)13-18(15)11-10-14-8-6-5-7-9-14/h8,15,17H,4-7,9-13H2,1-3H3. The van der Waals surface area contributed by atoms with Gasteiger partial charge in [0.05, 0.1) is 0 Å². The minimum Gasteiger partial charge on any atom is -0.309 e. The van der Waals surface area contributed by atoms with Crippen LogP contribution in [0.2, 0.25) is 0 Å². The predicted octanol–water partition coefficient (Wildman–Crippen LogP) is 3.34. The van der Waals surface area contributed by atoms with Gasteiger partial charge < -0.3 is 5.32 Å². The average molecular weight is 250 g/mol. The Morgan fingerprint density at radius 3 is 2.89 bits per heavy atom. The maximum absolute atomic E-state index is 3.67. The van der Waals surface area contributed by atoms with Crippen LogP contribution in [0.5, 0.6) is 0 Å². The maximum atomic E-state index is 3.67. The largest absolute Gasteiger partial charge is 0.309 e. The van der Waals surface area contributed by atoms with E-state index in [0.717, 1.165) is 12.6 Å². The molecule has 1 heterocycles. The molecule has 18 heavy (non-hydrogen) atoms. The molecule has 0 bridgehead atoms. The lowest BCUT2D eigenvalue weighted by Crippen LogP contribution is -2.61. The number of nitrogens with zero attached hydrogens (tertiary/aromatic N) is 1. The Morgan fingerprint density at radius 1 is 1.39 bits per heavy atom. The third kappa shape index (κ3) is 3.83. The summed E-state index contributed by atoms with van der Waals surface area (Å²) in [5.41, 5.74) is 2.00. The lowest BCUT2D eigenvalue weighted by atomic mass is 9.94. The van der Waals surface area contributed by atoms with Crippen molar-refractivity contribution in [1.29, 1.82) is 0 Å². The van der Waals surface area contributed by atoms with Crippen molar-refractivity contribution in [3.8, 4) is 0 Å². The highest BCUT2D eigenvalue weighted by Crippen LogP contribution is 2.23. The van der Waals surface area contributed by atoms with Gasteiger partial charge in [-0.15, -0.1) is 0 Å². The van der Waals surface area contributed by atoms with Crippen molar-refractivity contribution >= 4 is 0 Å².